The first-order chi connectivity index (χ1) is 12.6. The van der Waals surface area contributed by atoms with Crippen molar-refractivity contribution in [2.75, 3.05) is 23.3 Å². The number of hydrogen-bond donors (Lipinski definition) is 1. The number of rotatable bonds is 7. The second-order valence-corrected chi connectivity index (χ2v) is 6.79. The molecule has 0 spiro atoms. The molecule has 8 heteroatoms. The van der Waals surface area contributed by atoms with Crippen LogP contribution in [0.25, 0.3) is 10.7 Å². The monoisotopic (exact) mass is 370 g/mol. The fourth-order valence-electron chi connectivity index (χ4n) is 2.71. The molecule has 1 N–H and O–H groups in total. The Hall–Kier alpha value is -2.74. The van der Waals surface area contributed by atoms with Crippen molar-refractivity contribution in [3.8, 4) is 10.7 Å². The van der Waals surface area contributed by atoms with Crippen molar-refractivity contribution in [2.45, 2.75) is 27.3 Å². The van der Waals surface area contributed by atoms with Crippen molar-refractivity contribution in [2.24, 2.45) is 0 Å². The first kappa shape index (κ1) is 18.1. The molecule has 3 rings (SSSR count). The van der Waals surface area contributed by atoms with Gasteiger partial charge in [0.2, 0.25) is 11.7 Å². The lowest BCUT2D eigenvalue weighted by Crippen LogP contribution is -2.23. The summed E-state index contributed by atoms with van der Waals surface area (Å²) in [5.41, 5.74) is 2.97. The van der Waals surface area contributed by atoms with Gasteiger partial charge < -0.3 is 10.2 Å². The highest BCUT2D eigenvalue weighted by Gasteiger charge is 2.12. The minimum Gasteiger partial charge on any atom is -0.372 e. The van der Waals surface area contributed by atoms with E-state index >= 15 is 0 Å². The minimum atomic E-state index is -0.182. The fraction of sp³-hybridized carbons (Fsp3) is 0.333. The van der Waals surface area contributed by atoms with E-state index in [0.29, 0.717) is 5.82 Å². The Morgan fingerprint density at radius 2 is 2.08 bits per heavy atom. The summed E-state index contributed by atoms with van der Waals surface area (Å²) in [6.07, 6.45) is 0. The predicted octanol–water partition coefficient (Wildman–Crippen LogP) is 3.19. The topological polar surface area (TPSA) is 75.9 Å². The van der Waals surface area contributed by atoms with Crippen LogP contribution in [0.15, 0.2) is 35.7 Å². The van der Waals surface area contributed by atoms with Gasteiger partial charge in [-0.2, -0.15) is 4.80 Å². The van der Waals surface area contributed by atoms with Crippen LogP contribution in [0.3, 0.4) is 0 Å². The Labute approximate surface area is 156 Å². The Balaban J connectivity index is 1.65. The molecular formula is C18H22N6OS. The first-order valence-corrected chi connectivity index (χ1v) is 9.45. The van der Waals surface area contributed by atoms with Crippen molar-refractivity contribution in [1.29, 1.82) is 0 Å². The van der Waals surface area contributed by atoms with E-state index in [0.717, 1.165) is 34.9 Å². The van der Waals surface area contributed by atoms with Crippen molar-refractivity contribution in [3.05, 3.63) is 41.3 Å². The Kier molecular flexibility index (Phi) is 5.62. The summed E-state index contributed by atoms with van der Waals surface area (Å²) in [4.78, 5) is 16.8. The second-order valence-electron chi connectivity index (χ2n) is 5.84. The fourth-order valence-corrected chi connectivity index (χ4v) is 3.35. The average Bonchev–Trinajstić information content (AvgIpc) is 3.29. The first-order valence-electron chi connectivity index (χ1n) is 8.57. The van der Waals surface area contributed by atoms with Crippen molar-refractivity contribution >= 4 is 28.6 Å². The number of tetrazole rings is 1. The summed E-state index contributed by atoms with van der Waals surface area (Å²) < 4.78 is 0. The van der Waals surface area contributed by atoms with Gasteiger partial charge in [-0.1, -0.05) is 6.07 Å². The molecule has 0 aliphatic heterocycles. The van der Waals surface area contributed by atoms with Crippen LogP contribution in [0.5, 0.6) is 0 Å². The Bertz CT molecular complexity index is 870. The number of aromatic nitrogens is 4. The van der Waals surface area contributed by atoms with E-state index in [4.69, 9.17) is 0 Å². The van der Waals surface area contributed by atoms with E-state index in [1.807, 2.05) is 36.6 Å². The van der Waals surface area contributed by atoms with E-state index < -0.39 is 0 Å². The van der Waals surface area contributed by atoms with Gasteiger partial charge >= 0.3 is 0 Å². The van der Waals surface area contributed by atoms with Crippen LogP contribution in [0.4, 0.5) is 11.4 Å². The van der Waals surface area contributed by atoms with Crippen molar-refractivity contribution in [3.63, 3.8) is 0 Å². The summed E-state index contributed by atoms with van der Waals surface area (Å²) in [5.74, 6) is 0.353. The second kappa shape index (κ2) is 8.09. The molecule has 0 bridgehead atoms. The van der Waals surface area contributed by atoms with Gasteiger partial charge in [-0.3, -0.25) is 4.79 Å². The zero-order valence-electron chi connectivity index (χ0n) is 15.1. The van der Waals surface area contributed by atoms with Crippen molar-refractivity contribution in [1.82, 2.24) is 20.2 Å². The maximum Gasteiger partial charge on any atom is 0.248 e. The lowest BCUT2D eigenvalue weighted by atomic mass is 10.1. The third-order valence-corrected chi connectivity index (χ3v) is 4.96. The van der Waals surface area contributed by atoms with Crippen LogP contribution in [0.1, 0.15) is 19.4 Å². The zero-order chi connectivity index (χ0) is 18.5. The molecule has 0 saturated heterocycles. The molecule has 2 heterocycles. The number of hydrogen-bond acceptors (Lipinski definition) is 6. The normalized spacial score (nSPS) is 10.7. The number of benzene rings is 1. The third-order valence-electron chi connectivity index (χ3n) is 4.09. The largest absolute Gasteiger partial charge is 0.372 e. The molecule has 3 aromatic rings. The highest BCUT2D eigenvalue weighted by Crippen LogP contribution is 2.23. The molecular weight excluding hydrogens is 348 g/mol. The predicted molar refractivity (Wildman–Crippen MR) is 104 cm³/mol. The molecule has 0 atom stereocenters. The molecule has 136 valence electrons. The molecule has 0 aliphatic carbocycles. The minimum absolute atomic E-state index is 0.0234. The molecule has 1 aromatic carbocycles. The third kappa shape index (κ3) is 4.08. The van der Waals surface area contributed by atoms with Crippen LogP contribution in [0, 0.1) is 6.92 Å². The van der Waals surface area contributed by atoms with Crippen LogP contribution < -0.4 is 10.2 Å². The summed E-state index contributed by atoms with van der Waals surface area (Å²) in [6.45, 7) is 8.17. The summed E-state index contributed by atoms with van der Waals surface area (Å²) >= 11 is 1.54. The standard InChI is InChI=1S/C18H22N6OS/c1-4-23(5-2)14-8-9-15(13(3)11-14)19-17(25)12-24-21-18(20-22-24)16-7-6-10-26-16/h6-11H,4-5,12H2,1-3H3,(H,19,25). The maximum atomic E-state index is 12.3. The molecule has 0 saturated carbocycles. The Morgan fingerprint density at radius 1 is 1.27 bits per heavy atom. The summed E-state index contributed by atoms with van der Waals surface area (Å²) in [7, 11) is 0. The zero-order valence-corrected chi connectivity index (χ0v) is 16.0. The molecule has 0 unspecified atom stereocenters. The van der Waals surface area contributed by atoms with Gasteiger partial charge in [-0.25, -0.2) is 0 Å². The lowest BCUT2D eigenvalue weighted by molar-refractivity contribution is -0.117. The highest BCUT2D eigenvalue weighted by molar-refractivity contribution is 7.13. The number of nitrogens with one attached hydrogen (secondary N) is 1. The lowest BCUT2D eigenvalue weighted by Gasteiger charge is -2.22. The van der Waals surface area contributed by atoms with E-state index in [-0.39, 0.29) is 12.5 Å². The summed E-state index contributed by atoms with van der Waals surface area (Å²) in [5, 5.41) is 17.1. The quantitative estimate of drug-likeness (QED) is 0.691. The molecule has 0 aliphatic rings. The maximum absolute atomic E-state index is 12.3. The Morgan fingerprint density at radius 3 is 2.73 bits per heavy atom. The van der Waals surface area contributed by atoms with Crippen LogP contribution in [-0.2, 0) is 11.3 Å². The number of anilines is 2. The average molecular weight is 370 g/mol. The molecule has 1 amide bonds. The molecule has 0 radical (unpaired) electrons. The smallest absolute Gasteiger partial charge is 0.248 e. The van der Waals surface area contributed by atoms with Gasteiger partial charge in [0, 0.05) is 24.5 Å². The number of carbonyl (C=O) groups excluding carboxylic acids is 1. The van der Waals surface area contributed by atoms with E-state index in [1.54, 1.807) is 0 Å². The van der Waals surface area contributed by atoms with Crippen LogP contribution in [-0.4, -0.2) is 39.2 Å². The van der Waals surface area contributed by atoms with Gasteiger partial charge in [0.15, 0.2) is 0 Å². The van der Waals surface area contributed by atoms with Gasteiger partial charge in [0.05, 0.1) is 4.88 Å². The van der Waals surface area contributed by atoms with Gasteiger partial charge in [0.25, 0.3) is 0 Å². The van der Waals surface area contributed by atoms with Crippen molar-refractivity contribution < 1.29 is 4.79 Å². The number of aryl methyl sites for hydroxylation is 1. The highest BCUT2D eigenvalue weighted by atomic mass is 32.1. The van der Waals surface area contributed by atoms with Crippen LogP contribution in [0.2, 0.25) is 0 Å². The number of thiophene rings is 1. The van der Waals surface area contributed by atoms with Gasteiger partial charge in [-0.15, -0.1) is 21.5 Å². The molecule has 26 heavy (non-hydrogen) atoms. The SMILES string of the molecule is CCN(CC)c1ccc(NC(=O)Cn2nnc(-c3cccs3)n2)c(C)c1. The van der Waals surface area contributed by atoms with E-state index in [2.05, 4.69) is 45.5 Å². The molecule has 2 aromatic heterocycles. The summed E-state index contributed by atoms with van der Waals surface area (Å²) in [6, 6.07) is 9.90. The molecule has 0 fully saturated rings. The van der Waals surface area contributed by atoms with Crippen LogP contribution >= 0.6 is 11.3 Å². The number of carbonyl (C=O) groups is 1. The van der Waals surface area contributed by atoms with E-state index in [9.17, 15) is 4.79 Å². The van der Waals surface area contributed by atoms with Gasteiger partial charge in [0.1, 0.15) is 6.54 Å². The molecule has 7 nitrogen and oxygen atoms in total. The number of amides is 1. The number of nitrogens with zero attached hydrogens (tertiary/aromatic N) is 5. The van der Waals surface area contributed by atoms with E-state index in [1.165, 1.54) is 16.1 Å². The van der Waals surface area contributed by atoms with Gasteiger partial charge in [-0.05, 0) is 61.2 Å².